The molecule has 1 saturated heterocycles. The summed E-state index contributed by atoms with van der Waals surface area (Å²) in [6.45, 7) is -0.394. The molecule has 0 saturated carbocycles. The molecule has 0 bridgehead atoms. The number of carboxylic acids is 1. The molecule has 8 N–H and O–H groups in total. The van der Waals surface area contributed by atoms with E-state index in [4.69, 9.17) is 5.73 Å². The number of benzene rings is 1. The number of aromatic nitrogens is 2. The highest BCUT2D eigenvalue weighted by atomic mass is 16.4. The van der Waals surface area contributed by atoms with Gasteiger partial charge in [0.15, 0.2) is 0 Å². The van der Waals surface area contributed by atoms with Gasteiger partial charge in [-0.2, -0.15) is 0 Å². The average molecular weight is 503 g/mol. The monoisotopic (exact) mass is 502 g/mol. The zero-order valence-electron chi connectivity index (χ0n) is 19.5. The number of aliphatic carboxylic acids is 1. The Hall–Kier alpha value is -3.97. The molecule has 0 aliphatic carbocycles. The standard InChI is InChI=1S/C23H30N6O7/c24-16(11-30)20(32)27-17(9-14-10-25-12-26-14)21(33)28-18(8-13-3-5-15(31)6-4-13)22(34)29-7-1-2-19(29)23(35)36/h3-6,10,12,16-19,30-31H,1-2,7-9,11,24H2,(H,25,26)(H,27,32)(H,28,33)(H,35,36). The summed E-state index contributed by atoms with van der Waals surface area (Å²) in [6.07, 6.45) is 3.71. The van der Waals surface area contributed by atoms with Gasteiger partial charge in [-0.05, 0) is 30.5 Å². The number of nitrogens with one attached hydrogen (secondary N) is 3. The predicted octanol–water partition coefficient (Wildman–Crippen LogP) is -1.73. The molecule has 0 radical (unpaired) electrons. The van der Waals surface area contributed by atoms with Crippen LogP contribution in [0.4, 0.5) is 0 Å². The number of carboxylic acid groups (broad SMARTS) is 1. The van der Waals surface area contributed by atoms with Crippen LogP contribution in [0.3, 0.4) is 0 Å². The fraction of sp³-hybridized carbons (Fsp3) is 0.435. The summed E-state index contributed by atoms with van der Waals surface area (Å²) in [4.78, 5) is 58.7. The van der Waals surface area contributed by atoms with Gasteiger partial charge in [-0.3, -0.25) is 14.4 Å². The van der Waals surface area contributed by atoms with Crippen molar-refractivity contribution in [2.24, 2.45) is 5.73 Å². The predicted molar refractivity (Wildman–Crippen MR) is 125 cm³/mol. The number of carbonyl (C=O) groups excluding carboxylic acids is 3. The lowest BCUT2D eigenvalue weighted by Gasteiger charge is -2.29. The second kappa shape index (κ2) is 12.1. The molecule has 13 nitrogen and oxygen atoms in total. The number of aromatic amines is 1. The number of carbonyl (C=O) groups is 4. The topological polar surface area (TPSA) is 211 Å². The minimum atomic E-state index is -1.25. The molecule has 1 aromatic heterocycles. The zero-order valence-corrected chi connectivity index (χ0v) is 19.5. The van der Waals surface area contributed by atoms with Crippen molar-refractivity contribution in [2.45, 2.75) is 49.9 Å². The van der Waals surface area contributed by atoms with Crippen molar-refractivity contribution < 1.29 is 34.5 Å². The van der Waals surface area contributed by atoms with Crippen LogP contribution in [0, 0.1) is 0 Å². The Morgan fingerprint density at radius 2 is 1.81 bits per heavy atom. The van der Waals surface area contributed by atoms with Gasteiger partial charge in [-0.1, -0.05) is 12.1 Å². The molecular formula is C23H30N6O7. The Morgan fingerprint density at radius 3 is 2.42 bits per heavy atom. The smallest absolute Gasteiger partial charge is 0.326 e. The van der Waals surface area contributed by atoms with Crippen molar-refractivity contribution in [1.82, 2.24) is 25.5 Å². The number of aromatic hydroxyl groups is 1. The maximum atomic E-state index is 13.4. The normalized spacial score (nSPS) is 17.7. The number of aliphatic hydroxyl groups is 1. The van der Waals surface area contributed by atoms with E-state index in [-0.39, 0.29) is 25.1 Å². The van der Waals surface area contributed by atoms with E-state index in [1.165, 1.54) is 29.6 Å². The summed E-state index contributed by atoms with van der Waals surface area (Å²) >= 11 is 0. The third-order valence-corrected chi connectivity index (χ3v) is 5.96. The van der Waals surface area contributed by atoms with Crippen molar-refractivity contribution in [3.8, 4) is 5.75 Å². The fourth-order valence-corrected chi connectivity index (χ4v) is 4.01. The number of nitrogens with zero attached hydrogens (tertiary/aromatic N) is 2. The van der Waals surface area contributed by atoms with E-state index >= 15 is 0 Å². The van der Waals surface area contributed by atoms with Crippen LogP contribution in [-0.2, 0) is 32.0 Å². The summed E-state index contributed by atoms with van der Waals surface area (Å²) in [7, 11) is 0. The number of amides is 3. The number of likely N-dealkylation sites (tertiary alicyclic amines) is 1. The molecule has 3 amide bonds. The Bertz CT molecular complexity index is 1060. The molecule has 194 valence electrons. The fourth-order valence-electron chi connectivity index (χ4n) is 4.01. The number of phenolic OH excluding ortho intramolecular Hbond substituents is 1. The molecule has 2 heterocycles. The molecule has 1 aliphatic rings. The van der Waals surface area contributed by atoms with Gasteiger partial charge >= 0.3 is 5.97 Å². The van der Waals surface area contributed by atoms with Gasteiger partial charge in [0.2, 0.25) is 17.7 Å². The number of hydrogen-bond acceptors (Lipinski definition) is 8. The molecule has 4 unspecified atom stereocenters. The molecular weight excluding hydrogens is 472 g/mol. The van der Waals surface area contributed by atoms with Crippen LogP contribution in [0.2, 0.25) is 0 Å². The van der Waals surface area contributed by atoms with Crippen LogP contribution in [0.1, 0.15) is 24.1 Å². The molecule has 1 aromatic carbocycles. The van der Waals surface area contributed by atoms with E-state index in [0.29, 0.717) is 24.1 Å². The highest BCUT2D eigenvalue weighted by Crippen LogP contribution is 2.20. The lowest BCUT2D eigenvalue weighted by Crippen LogP contribution is -2.58. The summed E-state index contributed by atoms with van der Waals surface area (Å²) in [5.74, 6) is -3.13. The van der Waals surface area contributed by atoms with Gasteiger partial charge in [0.25, 0.3) is 0 Å². The van der Waals surface area contributed by atoms with E-state index in [0.717, 1.165) is 0 Å². The van der Waals surface area contributed by atoms with Gasteiger partial charge in [0.05, 0.1) is 12.9 Å². The van der Waals surface area contributed by atoms with E-state index in [1.807, 2.05) is 0 Å². The Balaban J connectivity index is 1.84. The van der Waals surface area contributed by atoms with Crippen LogP contribution in [0.15, 0.2) is 36.8 Å². The number of rotatable bonds is 11. The minimum absolute atomic E-state index is 0.00267. The number of phenols is 1. The minimum Gasteiger partial charge on any atom is -0.508 e. The average Bonchev–Trinajstić information content (AvgIpc) is 3.55. The lowest BCUT2D eigenvalue weighted by atomic mass is 10.0. The van der Waals surface area contributed by atoms with Crippen molar-refractivity contribution in [3.63, 3.8) is 0 Å². The third-order valence-electron chi connectivity index (χ3n) is 5.96. The van der Waals surface area contributed by atoms with Crippen molar-refractivity contribution in [2.75, 3.05) is 13.2 Å². The summed E-state index contributed by atoms with van der Waals surface area (Å²) < 4.78 is 0. The van der Waals surface area contributed by atoms with Gasteiger partial charge < -0.3 is 41.6 Å². The maximum absolute atomic E-state index is 13.4. The van der Waals surface area contributed by atoms with Gasteiger partial charge in [-0.15, -0.1) is 0 Å². The molecule has 1 fully saturated rings. The first-order chi connectivity index (χ1) is 17.2. The number of nitrogens with two attached hydrogens (primary N) is 1. The molecule has 2 aromatic rings. The lowest BCUT2D eigenvalue weighted by molar-refractivity contribution is -0.149. The summed E-state index contributed by atoms with van der Waals surface area (Å²) in [5, 5.41) is 33.4. The van der Waals surface area contributed by atoms with Crippen LogP contribution < -0.4 is 16.4 Å². The van der Waals surface area contributed by atoms with Crippen LogP contribution in [0.25, 0.3) is 0 Å². The first-order valence-electron chi connectivity index (χ1n) is 11.4. The van der Waals surface area contributed by atoms with Crippen molar-refractivity contribution >= 4 is 23.7 Å². The molecule has 1 aliphatic heterocycles. The third kappa shape index (κ3) is 6.79. The van der Waals surface area contributed by atoms with Crippen LogP contribution >= 0.6 is 0 Å². The highest BCUT2D eigenvalue weighted by Gasteiger charge is 2.38. The van der Waals surface area contributed by atoms with Gasteiger partial charge in [0.1, 0.15) is 29.9 Å². The largest absolute Gasteiger partial charge is 0.508 e. The number of H-pyrrole nitrogens is 1. The molecule has 36 heavy (non-hydrogen) atoms. The van der Waals surface area contributed by atoms with Crippen LogP contribution in [-0.4, -0.2) is 91.2 Å². The second-order valence-electron chi connectivity index (χ2n) is 8.59. The van der Waals surface area contributed by atoms with Gasteiger partial charge in [-0.25, -0.2) is 9.78 Å². The van der Waals surface area contributed by atoms with E-state index < -0.39 is 54.5 Å². The molecule has 13 heteroatoms. The summed E-state index contributed by atoms with van der Waals surface area (Å²) in [6, 6.07) is 1.49. The Morgan fingerprint density at radius 1 is 1.11 bits per heavy atom. The SMILES string of the molecule is NC(CO)C(=O)NC(Cc1cnc[nH]1)C(=O)NC(Cc1ccc(O)cc1)C(=O)N1CCCC1C(=O)O. The van der Waals surface area contributed by atoms with Crippen LogP contribution in [0.5, 0.6) is 5.75 Å². The van der Waals surface area contributed by atoms with Crippen molar-refractivity contribution in [3.05, 3.63) is 48.0 Å². The molecule has 0 spiro atoms. The maximum Gasteiger partial charge on any atom is 0.326 e. The molecule has 4 atom stereocenters. The zero-order chi connectivity index (χ0) is 26.2. The van der Waals surface area contributed by atoms with E-state index in [1.54, 1.807) is 12.1 Å². The first-order valence-corrected chi connectivity index (χ1v) is 11.4. The quantitative estimate of drug-likeness (QED) is 0.186. The number of aliphatic hydroxyl groups excluding tert-OH is 1. The first kappa shape index (κ1) is 26.6. The second-order valence-corrected chi connectivity index (χ2v) is 8.59. The Kier molecular flexibility index (Phi) is 8.97. The highest BCUT2D eigenvalue weighted by molar-refractivity contribution is 5.94. The number of hydrogen-bond donors (Lipinski definition) is 7. The van der Waals surface area contributed by atoms with E-state index in [2.05, 4.69) is 20.6 Å². The Labute approximate surface area is 206 Å². The van der Waals surface area contributed by atoms with Crippen molar-refractivity contribution in [1.29, 1.82) is 0 Å². The summed E-state index contributed by atoms with van der Waals surface area (Å²) in [5.41, 5.74) is 6.72. The number of imidazole rings is 1. The van der Waals surface area contributed by atoms with E-state index in [9.17, 15) is 34.5 Å². The molecule has 3 rings (SSSR count). The van der Waals surface area contributed by atoms with Gasteiger partial charge in [0, 0.05) is 31.3 Å².